The summed E-state index contributed by atoms with van der Waals surface area (Å²) in [4.78, 5) is 55.5. The zero-order valence-corrected chi connectivity index (χ0v) is 27.5. The van der Waals surface area contributed by atoms with E-state index in [0.717, 1.165) is 28.0 Å². The van der Waals surface area contributed by atoms with E-state index in [-0.39, 0.29) is 47.4 Å². The third-order valence-corrected chi connectivity index (χ3v) is 8.94. The number of nitrogens with one attached hydrogen (secondary N) is 2. The van der Waals surface area contributed by atoms with E-state index in [1.807, 2.05) is 4.90 Å². The minimum atomic E-state index is -0.821. The number of halogens is 2. The van der Waals surface area contributed by atoms with Crippen molar-refractivity contribution in [1.82, 2.24) is 19.4 Å². The van der Waals surface area contributed by atoms with Crippen molar-refractivity contribution in [1.29, 1.82) is 0 Å². The van der Waals surface area contributed by atoms with Crippen molar-refractivity contribution in [3.8, 4) is 16.1 Å². The van der Waals surface area contributed by atoms with Crippen LogP contribution in [0, 0.1) is 11.6 Å². The van der Waals surface area contributed by atoms with Crippen LogP contribution in [0.5, 0.6) is 0 Å². The fourth-order valence-corrected chi connectivity index (χ4v) is 6.65. The number of hydrogen-bond acceptors (Lipinski definition) is 7. The van der Waals surface area contributed by atoms with E-state index in [1.165, 1.54) is 10.6 Å². The molecule has 0 saturated heterocycles. The Labute approximate surface area is 279 Å². The molecule has 10 nitrogen and oxygen atoms in total. The molecule has 0 aliphatic carbocycles. The van der Waals surface area contributed by atoms with Gasteiger partial charge in [0.15, 0.2) is 0 Å². The molecule has 3 aromatic carbocycles. The Hall–Kier alpha value is -5.14. The second-order valence-electron chi connectivity index (χ2n) is 11.0. The number of carbonyl (C=O) groups excluding carboxylic acids is 2. The quantitative estimate of drug-likeness (QED) is 0.163. The highest BCUT2D eigenvalue weighted by Crippen LogP contribution is 2.38. The molecule has 5 aromatic rings. The minimum Gasteiger partial charge on any atom is -0.466 e. The number of amides is 2. The number of nitrogens with zero attached hydrogens (tertiary/aromatic N) is 3. The highest BCUT2D eigenvalue weighted by atomic mass is 32.1. The number of esters is 1. The zero-order valence-electron chi connectivity index (χ0n) is 26.7. The summed E-state index contributed by atoms with van der Waals surface area (Å²) in [5.74, 6) is -2.00. The summed E-state index contributed by atoms with van der Waals surface area (Å²) in [5, 5.41) is 5.64. The maximum atomic E-state index is 15.0. The Morgan fingerprint density at radius 1 is 0.917 bits per heavy atom. The molecule has 0 unspecified atom stereocenters. The van der Waals surface area contributed by atoms with Crippen LogP contribution in [0.1, 0.15) is 31.4 Å². The lowest BCUT2D eigenvalue weighted by atomic mass is 10.1. The average molecular weight is 676 g/mol. The fraction of sp³-hybridized carbons (Fsp3) is 0.257. The third kappa shape index (κ3) is 7.37. The molecule has 2 N–H and O–H groups in total. The summed E-state index contributed by atoms with van der Waals surface area (Å²) in [5.41, 5.74) is 0.444. The first-order chi connectivity index (χ1) is 23.1. The van der Waals surface area contributed by atoms with Gasteiger partial charge in [-0.05, 0) is 68.4 Å². The second kappa shape index (κ2) is 15.2. The molecule has 0 fully saturated rings. The van der Waals surface area contributed by atoms with E-state index in [9.17, 15) is 28.0 Å². The van der Waals surface area contributed by atoms with Crippen molar-refractivity contribution in [2.24, 2.45) is 0 Å². The third-order valence-electron chi connectivity index (χ3n) is 7.64. The molecule has 0 radical (unpaired) electrons. The molecule has 2 amide bonds. The summed E-state index contributed by atoms with van der Waals surface area (Å²) >= 11 is 1.16. The van der Waals surface area contributed by atoms with Crippen LogP contribution in [0.3, 0.4) is 0 Å². The second-order valence-corrected chi connectivity index (χ2v) is 12.0. The van der Waals surface area contributed by atoms with Crippen LogP contribution in [0.4, 0.5) is 19.3 Å². The topological polar surface area (TPSA) is 115 Å². The Balaban J connectivity index is 1.74. The predicted molar refractivity (Wildman–Crippen MR) is 183 cm³/mol. The predicted octanol–water partition coefficient (Wildman–Crippen LogP) is 5.73. The van der Waals surface area contributed by atoms with Gasteiger partial charge in [0.05, 0.1) is 30.6 Å². The summed E-state index contributed by atoms with van der Waals surface area (Å²) < 4.78 is 37.3. The molecule has 0 spiro atoms. The van der Waals surface area contributed by atoms with Crippen LogP contribution in [0.15, 0.2) is 82.4 Å². The first-order valence-electron chi connectivity index (χ1n) is 15.4. The highest BCUT2D eigenvalue weighted by Gasteiger charge is 2.26. The van der Waals surface area contributed by atoms with Gasteiger partial charge in [0.25, 0.3) is 5.56 Å². The number of anilines is 1. The number of hydrogen-bond donors (Lipinski definition) is 2. The Bertz CT molecular complexity index is 2040. The summed E-state index contributed by atoms with van der Waals surface area (Å²) in [7, 11) is 1.80. The monoisotopic (exact) mass is 675 g/mol. The maximum absolute atomic E-state index is 15.0. The number of para-hydroxylation sites is 1. The number of ether oxygens (including phenoxy) is 1. The lowest BCUT2D eigenvalue weighted by Gasteiger charge is -2.18. The van der Waals surface area contributed by atoms with Crippen LogP contribution in [-0.4, -0.2) is 52.8 Å². The number of carbonyl (C=O) groups is 2. The number of rotatable bonds is 12. The smallest absolute Gasteiger partial charge is 0.337 e. The lowest BCUT2D eigenvalue weighted by Crippen LogP contribution is -2.39. The minimum absolute atomic E-state index is 0.119. The van der Waals surface area contributed by atoms with Crippen molar-refractivity contribution in [2.75, 3.05) is 32.1 Å². The van der Waals surface area contributed by atoms with Gasteiger partial charge in [0.2, 0.25) is 0 Å². The average Bonchev–Trinajstić information content (AvgIpc) is 3.43. The standard InChI is InChI=1S/C35H35F2N5O5S/c1-4-38-34(45)39-23-16-14-22(15-17-23)31-26(20-40(3)19-18-29(43)47-5-2)30-32(44)42(24-10-7-6-8-11-24)35(46)41(33(30)48-31)21-25-27(36)12-9-13-28(25)37/h6-17H,4-5,18-21H2,1-3H3,(H2,38,39,45). The van der Waals surface area contributed by atoms with Gasteiger partial charge in [-0.3, -0.25) is 14.2 Å². The Kier molecular flexibility index (Phi) is 10.8. The van der Waals surface area contributed by atoms with Crippen LogP contribution >= 0.6 is 11.3 Å². The number of benzene rings is 3. The van der Waals surface area contributed by atoms with Crippen LogP contribution in [0.25, 0.3) is 26.3 Å². The van der Waals surface area contributed by atoms with Crippen LogP contribution in [-0.2, 0) is 22.6 Å². The van der Waals surface area contributed by atoms with E-state index in [4.69, 9.17) is 4.74 Å². The van der Waals surface area contributed by atoms with Gasteiger partial charge in [-0.1, -0.05) is 36.4 Å². The van der Waals surface area contributed by atoms with Gasteiger partial charge in [-0.2, -0.15) is 0 Å². The van der Waals surface area contributed by atoms with Crippen molar-refractivity contribution >= 4 is 39.2 Å². The van der Waals surface area contributed by atoms with Crippen molar-refractivity contribution in [3.63, 3.8) is 0 Å². The van der Waals surface area contributed by atoms with E-state index in [0.29, 0.717) is 40.5 Å². The van der Waals surface area contributed by atoms with E-state index in [2.05, 4.69) is 10.6 Å². The largest absolute Gasteiger partial charge is 0.466 e. The molecule has 5 rings (SSSR count). The lowest BCUT2D eigenvalue weighted by molar-refractivity contribution is -0.143. The SMILES string of the molecule is CCNC(=O)Nc1ccc(-c2sc3c(c2CN(C)CCC(=O)OCC)c(=O)n(-c2ccccc2)c(=O)n3Cc2c(F)cccc2F)cc1. The van der Waals surface area contributed by atoms with E-state index >= 15 is 0 Å². The molecule has 0 atom stereocenters. The normalized spacial score (nSPS) is 11.2. The molecule has 0 saturated carbocycles. The molecule has 13 heteroatoms. The highest BCUT2D eigenvalue weighted by molar-refractivity contribution is 7.22. The first kappa shape index (κ1) is 34.2. The van der Waals surface area contributed by atoms with Gasteiger partial charge in [-0.15, -0.1) is 11.3 Å². The van der Waals surface area contributed by atoms with E-state index in [1.54, 1.807) is 75.5 Å². The Morgan fingerprint density at radius 2 is 1.60 bits per heavy atom. The summed E-state index contributed by atoms with van der Waals surface area (Å²) in [6.45, 7) is 4.30. The zero-order chi connectivity index (χ0) is 34.4. The number of aromatic nitrogens is 2. The number of fused-ring (bicyclic) bond motifs is 1. The van der Waals surface area contributed by atoms with Crippen LogP contribution < -0.4 is 21.9 Å². The molecule has 0 bridgehead atoms. The van der Waals surface area contributed by atoms with Crippen LogP contribution in [0.2, 0.25) is 0 Å². The fourth-order valence-electron chi connectivity index (χ4n) is 5.34. The van der Waals surface area contributed by atoms with Gasteiger partial charge >= 0.3 is 17.7 Å². The van der Waals surface area contributed by atoms with Gasteiger partial charge in [0, 0.05) is 35.8 Å². The van der Waals surface area contributed by atoms with Gasteiger partial charge < -0.3 is 20.3 Å². The molecule has 0 aliphatic rings. The first-order valence-corrected chi connectivity index (χ1v) is 16.2. The summed E-state index contributed by atoms with van der Waals surface area (Å²) in [6.07, 6.45) is 0.119. The molecule has 2 aromatic heterocycles. The molecule has 48 heavy (non-hydrogen) atoms. The molecule has 2 heterocycles. The maximum Gasteiger partial charge on any atom is 0.337 e. The molecule has 0 aliphatic heterocycles. The van der Waals surface area contributed by atoms with Crippen molar-refractivity contribution in [3.05, 3.63) is 116 Å². The summed E-state index contributed by atoms with van der Waals surface area (Å²) in [6, 6.07) is 18.5. The Morgan fingerprint density at radius 3 is 2.25 bits per heavy atom. The van der Waals surface area contributed by atoms with Crippen molar-refractivity contribution in [2.45, 2.75) is 33.4 Å². The molecule has 250 valence electrons. The van der Waals surface area contributed by atoms with Gasteiger partial charge in [0.1, 0.15) is 16.5 Å². The number of thiophene rings is 1. The van der Waals surface area contributed by atoms with Gasteiger partial charge in [-0.25, -0.2) is 22.9 Å². The molecular formula is C35H35F2N5O5S. The number of urea groups is 1. The van der Waals surface area contributed by atoms with E-state index < -0.39 is 29.4 Å². The van der Waals surface area contributed by atoms with Crippen molar-refractivity contribution < 1.29 is 23.1 Å². The molecular weight excluding hydrogens is 640 g/mol.